The van der Waals surface area contributed by atoms with Crippen LogP contribution in [0.4, 0.5) is 11.4 Å². The second-order valence-corrected chi connectivity index (χ2v) is 7.23. The largest absolute Gasteiger partial charge is 0.397 e. The van der Waals surface area contributed by atoms with Crippen LogP contribution < -0.4 is 15.8 Å². The van der Waals surface area contributed by atoms with E-state index in [4.69, 9.17) is 5.73 Å². The van der Waals surface area contributed by atoms with Crippen LogP contribution in [0.2, 0.25) is 0 Å². The minimum Gasteiger partial charge on any atom is -0.397 e. The molecule has 0 heterocycles. The van der Waals surface area contributed by atoms with Crippen LogP contribution in [0.15, 0.2) is 23.1 Å². The first kappa shape index (κ1) is 15.1. The molecule has 0 unspecified atom stereocenters. The van der Waals surface area contributed by atoms with E-state index in [1.165, 1.54) is 45.2 Å². The fourth-order valence-electron chi connectivity index (χ4n) is 2.62. The molecule has 1 aromatic rings. The summed E-state index contributed by atoms with van der Waals surface area (Å²) >= 11 is 0. The number of nitrogens with one attached hydrogen (secondary N) is 2. The van der Waals surface area contributed by atoms with Crippen LogP contribution in [-0.2, 0) is 10.0 Å². The Morgan fingerprint density at radius 3 is 2.60 bits per heavy atom. The topological polar surface area (TPSA) is 84.2 Å². The maximum absolute atomic E-state index is 11.8. The van der Waals surface area contributed by atoms with E-state index in [1.807, 2.05) is 0 Å². The molecule has 0 aliphatic heterocycles. The van der Waals surface area contributed by atoms with E-state index in [2.05, 4.69) is 10.0 Å². The lowest BCUT2D eigenvalue weighted by Gasteiger charge is -2.22. The van der Waals surface area contributed by atoms with Gasteiger partial charge < -0.3 is 11.1 Å². The zero-order chi connectivity index (χ0) is 14.6. The second kappa shape index (κ2) is 6.45. The molecule has 1 aliphatic rings. The van der Waals surface area contributed by atoms with Crippen LogP contribution in [0, 0.1) is 5.92 Å². The van der Waals surface area contributed by atoms with Crippen LogP contribution in [0.25, 0.3) is 0 Å². The maximum Gasteiger partial charge on any atom is 0.240 e. The number of sulfonamides is 1. The molecule has 0 amide bonds. The molecule has 0 saturated heterocycles. The zero-order valence-electron chi connectivity index (χ0n) is 11.9. The van der Waals surface area contributed by atoms with Crippen molar-refractivity contribution in [2.75, 3.05) is 24.6 Å². The van der Waals surface area contributed by atoms with Crippen LogP contribution in [0.3, 0.4) is 0 Å². The SMILES string of the molecule is CNS(=O)(=O)c1ccc(N)c(NCC2CCCCC2)c1. The predicted octanol–water partition coefficient (Wildman–Crippen LogP) is 2.17. The normalized spacial score (nSPS) is 17.1. The van der Waals surface area contributed by atoms with Gasteiger partial charge in [0.2, 0.25) is 10.0 Å². The van der Waals surface area contributed by atoms with E-state index in [9.17, 15) is 8.42 Å². The third-order valence-electron chi connectivity index (χ3n) is 3.91. The molecule has 0 bridgehead atoms. The van der Waals surface area contributed by atoms with Crippen LogP contribution in [0.5, 0.6) is 0 Å². The Morgan fingerprint density at radius 1 is 1.25 bits per heavy atom. The molecule has 4 N–H and O–H groups in total. The van der Waals surface area contributed by atoms with Gasteiger partial charge in [0.25, 0.3) is 0 Å². The molecule has 0 radical (unpaired) electrons. The van der Waals surface area contributed by atoms with Gasteiger partial charge in [0.05, 0.1) is 16.3 Å². The molecule has 0 spiro atoms. The van der Waals surface area contributed by atoms with Gasteiger partial charge in [0, 0.05) is 6.54 Å². The molecule has 1 saturated carbocycles. The van der Waals surface area contributed by atoms with E-state index in [-0.39, 0.29) is 4.90 Å². The lowest BCUT2D eigenvalue weighted by atomic mass is 9.89. The Bertz CT molecular complexity index is 552. The van der Waals surface area contributed by atoms with E-state index >= 15 is 0 Å². The molecule has 20 heavy (non-hydrogen) atoms. The summed E-state index contributed by atoms with van der Waals surface area (Å²) in [4.78, 5) is 0.236. The number of hydrogen-bond donors (Lipinski definition) is 3. The molecule has 6 heteroatoms. The van der Waals surface area contributed by atoms with Gasteiger partial charge in [-0.3, -0.25) is 0 Å². The summed E-state index contributed by atoms with van der Waals surface area (Å²) in [6, 6.07) is 4.75. The van der Waals surface area contributed by atoms with E-state index < -0.39 is 10.0 Å². The van der Waals surface area contributed by atoms with Crippen molar-refractivity contribution in [2.24, 2.45) is 5.92 Å². The molecule has 0 aromatic heterocycles. The van der Waals surface area contributed by atoms with Gasteiger partial charge in [-0.05, 0) is 44.0 Å². The first-order valence-electron chi connectivity index (χ1n) is 7.10. The minimum absolute atomic E-state index is 0.236. The highest BCUT2D eigenvalue weighted by Crippen LogP contribution is 2.26. The fourth-order valence-corrected chi connectivity index (χ4v) is 3.37. The van der Waals surface area contributed by atoms with Crippen molar-refractivity contribution in [1.29, 1.82) is 0 Å². The minimum atomic E-state index is -3.43. The monoisotopic (exact) mass is 297 g/mol. The predicted molar refractivity (Wildman–Crippen MR) is 82.2 cm³/mol. The number of hydrogen-bond acceptors (Lipinski definition) is 4. The lowest BCUT2D eigenvalue weighted by molar-refractivity contribution is 0.373. The maximum atomic E-state index is 11.8. The van der Waals surface area contributed by atoms with Crippen molar-refractivity contribution in [2.45, 2.75) is 37.0 Å². The lowest BCUT2D eigenvalue weighted by Crippen LogP contribution is -2.20. The molecule has 112 valence electrons. The Balaban J connectivity index is 2.08. The van der Waals surface area contributed by atoms with Crippen molar-refractivity contribution in [3.8, 4) is 0 Å². The third kappa shape index (κ3) is 3.64. The van der Waals surface area contributed by atoms with Crippen LogP contribution in [0.1, 0.15) is 32.1 Å². The van der Waals surface area contributed by atoms with Gasteiger partial charge in [0.15, 0.2) is 0 Å². The number of nitrogen functional groups attached to an aromatic ring is 1. The molecular weight excluding hydrogens is 274 g/mol. The summed E-state index contributed by atoms with van der Waals surface area (Å²) in [5.74, 6) is 0.660. The van der Waals surface area contributed by atoms with Gasteiger partial charge in [-0.2, -0.15) is 0 Å². The van der Waals surface area contributed by atoms with Crippen LogP contribution >= 0.6 is 0 Å². The highest BCUT2D eigenvalue weighted by molar-refractivity contribution is 7.89. The molecule has 2 rings (SSSR count). The van der Waals surface area contributed by atoms with Crippen molar-refractivity contribution in [3.63, 3.8) is 0 Å². The van der Waals surface area contributed by atoms with Gasteiger partial charge >= 0.3 is 0 Å². The molecule has 1 aliphatic carbocycles. The van der Waals surface area contributed by atoms with E-state index in [0.717, 1.165) is 6.54 Å². The van der Waals surface area contributed by atoms with E-state index in [1.54, 1.807) is 12.1 Å². The average molecular weight is 297 g/mol. The van der Waals surface area contributed by atoms with Gasteiger partial charge in [-0.15, -0.1) is 0 Å². The van der Waals surface area contributed by atoms with Crippen molar-refractivity contribution in [1.82, 2.24) is 4.72 Å². The highest BCUT2D eigenvalue weighted by atomic mass is 32.2. The quantitative estimate of drug-likeness (QED) is 0.727. The smallest absolute Gasteiger partial charge is 0.240 e. The molecule has 1 aromatic carbocycles. The van der Waals surface area contributed by atoms with Crippen molar-refractivity contribution < 1.29 is 8.42 Å². The summed E-state index contributed by atoms with van der Waals surface area (Å²) in [7, 11) is -2.02. The third-order valence-corrected chi connectivity index (χ3v) is 5.32. The Labute approximate surface area is 121 Å². The number of benzene rings is 1. The van der Waals surface area contributed by atoms with Gasteiger partial charge in [-0.1, -0.05) is 19.3 Å². The summed E-state index contributed by atoms with van der Waals surface area (Å²) in [6.45, 7) is 0.854. The first-order valence-corrected chi connectivity index (χ1v) is 8.58. The average Bonchev–Trinajstić information content (AvgIpc) is 2.47. The van der Waals surface area contributed by atoms with E-state index in [0.29, 0.717) is 17.3 Å². The standard InChI is InChI=1S/C14H23N3O2S/c1-16-20(18,19)12-7-8-13(15)14(9-12)17-10-11-5-3-2-4-6-11/h7-9,11,16-17H,2-6,10,15H2,1H3. The Kier molecular flexibility index (Phi) is 4.88. The summed E-state index contributed by atoms with van der Waals surface area (Å²) in [5, 5.41) is 3.30. The molecule has 0 atom stereocenters. The molecular formula is C14H23N3O2S. The first-order chi connectivity index (χ1) is 9.53. The summed E-state index contributed by atoms with van der Waals surface area (Å²) < 4.78 is 25.9. The molecule has 1 fully saturated rings. The highest BCUT2D eigenvalue weighted by Gasteiger charge is 2.16. The Morgan fingerprint density at radius 2 is 1.95 bits per heavy atom. The second-order valence-electron chi connectivity index (χ2n) is 5.34. The van der Waals surface area contributed by atoms with Crippen molar-refractivity contribution in [3.05, 3.63) is 18.2 Å². The number of anilines is 2. The molecule has 5 nitrogen and oxygen atoms in total. The summed E-state index contributed by atoms with van der Waals surface area (Å²) in [5.41, 5.74) is 7.19. The number of rotatable bonds is 5. The van der Waals surface area contributed by atoms with Gasteiger partial charge in [0.1, 0.15) is 0 Å². The fraction of sp³-hybridized carbons (Fsp3) is 0.571. The van der Waals surface area contributed by atoms with Gasteiger partial charge in [-0.25, -0.2) is 13.1 Å². The zero-order valence-corrected chi connectivity index (χ0v) is 12.7. The van der Waals surface area contributed by atoms with Crippen LogP contribution in [-0.4, -0.2) is 22.0 Å². The Hall–Kier alpha value is -1.27. The summed E-state index contributed by atoms with van der Waals surface area (Å²) in [6.07, 6.45) is 6.38. The number of nitrogens with two attached hydrogens (primary N) is 1. The van der Waals surface area contributed by atoms with Crippen molar-refractivity contribution >= 4 is 21.4 Å².